The molecular formula is C17H18F2N2O3S. The zero-order valence-electron chi connectivity index (χ0n) is 13.5. The average Bonchev–Trinajstić information content (AvgIpc) is 2.56. The van der Waals surface area contributed by atoms with Gasteiger partial charge in [-0.2, -0.15) is 4.31 Å². The van der Waals surface area contributed by atoms with Crippen LogP contribution in [0.5, 0.6) is 0 Å². The van der Waals surface area contributed by atoms with Gasteiger partial charge in [0, 0.05) is 31.4 Å². The SMILES string of the molecule is O=c1ccc(S(=O)(=O)N2CCCCC2)cn1Cc1cc(F)cc(F)c1. The van der Waals surface area contributed by atoms with Gasteiger partial charge in [-0.3, -0.25) is 4.79 Å². The van der Waals surface area contributed by atoms with Gasteiger partial charge < -0.3 is 4.57 Å². The molecule has 1 aliphatic rings. The summed E-state index contributed by atoms with van der Waals surface area (Å²) in [5, 5.41) is 0. The van der Waals surface area contributed by atoms with Crippen molar-refractivity contribution >= 4 is 10.0 Å². The van der Waals surface area contributed by atoms with E-state index in [1.807, 2.05) is 0 Å². The lowest BCUT2D eigenvalue weighted by molar-refractivity contribution is 0.346. The van der Waals surface area contributed by atoms with E-state index in [0.717, 1.165) is 48.1 Å². The summed E-state index contributed by atoms with van der Waals surface area (Å²) in [5.41, 5.74) is -0.200. The molecule has 25 heavy (non-hydrogen) atoms. The zero-order valence-corrected chi connectivity index (χ0v) is 14.3. The summed E-state index contributed by atoms with van der Waals surface area (Å²) in [6.45, 7) is 0.796. The van der Waals surface area contributed by atoms with Gasteiger partial charge in [-0.25, -0.2) is 17.2 Å². The number of hydrogen-bond acceptors (Lipinski definition) is 3. The van der Waals surface area contributed by atoms with Crippen molar-refractivity contribution < 1.29 is 17.2 Å². The Morgan fingerprint density at radius 2 is 1.60 bits per heavy atom. The molecule has 0 bridgehead atoms. The minimum atomic E-state index is -3.68. The van der Waals surface area contributed by atoms with E-state index in [1.54, 1.807) is 0 Å². The second-order valence-electron chi connectivity index (χ2n) is 6.07. The summed E-state index contributed by atoms with van der Waals surface area (Å²) < 4.78 is 54.6. The maximum atomic E-state index is 13.3. The topological polar surface area (TPSA) is 59.4 Å². The molecule has 0 unspecified atom stereocenters. The third kappa shape index (κ3) is 3.96. The van der Waals surface area contributed by atoms with Gasteiger partial charge in [0.1, 0.15) is 11.6 Å². The first kappa shape index (κ1) is 17.8. The highest BCUT2D eigenvalue weighted by atomic mass is 32.2. The quantitative estimate of drug-likeness (QED) is 0.832. The van der Waals surface area contributed by atoms with Gasteiger partial charge in [0.25, 0.3) is 5.56 Å². The van der Waals surface area contributed by atoms with Crippen molar-refractivity contribution in [2.45, 2.75) is 30.7 Å². The second-order valence-corrected chi connectivity index (χ2v) is 8.01. The Morgan fingerprint density at radius 1 is 0.960 bits per heavy atom. The monoisotopic (exact) mass is 368 g/mol. The summed E-state index contributed by atoms with van der Waals surface area (Å²) in [6, 6.07) is 5.40. The van der Waals surface area contributed by atoms with Crippen molar-refractivity contribution in [1.82, 2.24) is 8.87 Å². The molecule has 3 rings (SSSR count). The molecule has 0 aliphatic carbocycles. The predicted octanol–water partition coefficient (Wildman–Crippen LogP) is 2.35. The highest BCUT2D eigenvalue weighted by Crippen LogP contribution is 2.20. The molecule has 8 heteroatoms. The molecule has 2 aromatic rings. The standard InChI is InChI=1S/C17H18F2N2O3S/c18-14-8-13(9-15(19)10-14)11-20-12-16(4-5-17(20)22)25(23,24)21-6-2-1-3-7-21/h4-5,8-10,12H,1-3,6-7,11H2. The molecule has 0 N–H and O–H groups in total. The molecule has 0 saturated carbocycles. The van der Waals surface area contributed by atoms with Gasteiger partial charge in [-0.15, -0.1) is 0 Å². The largest absolute Gasteiger partial charge is 0.310 e. The molecule has 0 atom stereocenters. The van der Waals surface area contributed by atoms with Crippen LogP contribution >= 0.6 is 0 Å². The van der Waals surface area contributed by atoms with E-state index < -0.39 is 27.2 Å². The van der Waals surface area contributed by atoms with Crippen LogP contribution in [0, 0.1) is 11.6 Å². The van der Waals surface area contributed by atoms with Crippen molar-refractivity contribution in [2.24, 2.45) is 0 Å². The Balaban J connectivity index is 1.94. The number of nitrogens with zero attached hydrogens (tertiary/aromatic N) is 2. The number of piperidine rings is 1. The van der Waals surface area contributed by atoms with Gasteiger partial charge in [-0.05, 0) is 36.6 Å². The van der Waals surface area contributed by atoms with Crippen LogP contribution in [-0.4, -0.2) is 30.4 Å². The smallest absolute Gasteiger partial charge is 0.250 e. The van der Waals surface area contributed by atoms with Gasteiger partial charge in [-0.1, -0.05) is 6.42 Å². The van der Waals surface area contributed by atoms with Crippen LogP contribution in [0.4, 0.5) is 8.78 Å². The number of aromatic nitrogens is 1. The third-order valence-electron chi connectivity index (χ3n) is 4.18. The number of halogens is 2. The van der Waals surface area contributed by atoms with E-state index in [2.05, 4.69) is 0 Å². The number of pyridine rings is 1. The van der Waals surface area contributed by atoms with Crippen molar-refractivity contribution in [3.63, 3.8) is 0 Å². The van der Waals surface area contributed by atoms with Crippen LogP contribution in [0.2, 0.25) is 0 Å². The van der Waals surface area contributed by atoms with Gasteiger partial charge in [0.15, 0.2) is 0 Å². The van der Waals surface area contributed by atoms with Gasteiger partial charge >= 0.3 is 0 Å². The third-order valence-corrected chi connectivity index (χ3v) is 6.07. The summed E-state index contributed by atoms with van der Waals surface area (Å²) in [4.78, 5) is 12.0. The van der Waals surface area contributed by atoms with Crippen LogP contribution in [-0.2, 0) is 16.6 Å². The number of benzene rings is 1. The minimum Gasteiger partial charge on any atom is -0.310 e. The molecule has 5 nitrogen and oxygen atoms in total. The fourth-order valence-electron chi connectivity index (χ4n) is 2.94. The maximum absolute atomic E-state index is 13.3. The van der Waals surface area contributed by atoms with Crippen molar-refractivity contribution in [3.05, 3.63) is 64.1 Å². The molecule has 0 spiro atoms. The van der Waals surface area contributed by atoms with E-state index in [9.17, 15) is 22.0 Å². The molecule has 1 aromatic carbocycles. The van der Waals surface area contributed by atoms with Gasteiger partial charge in [0.2, 0.25) is 10.0 Å². The Labute approximate surface area is 144 Å². The number of rotatable bonds is 4. The number of sulfonamides is 1. The first-order chi connectivity index (χ1) is 11.9. The molecule has 1 aliphatic heterocycles. The maximum Gasteiger partial charge on any atom is 0.250 e. The minimum absolute atomic E-state index is 0.00544. The summed E-state index contributed by atoms with van der Waals surface area (Å²) in [5.74, 6) is -1.50. The average molecular weight is 368 g/mol. The molecule has 0 radical (unpaired) electrons. The Hall–Kier alpha value is -2.06. The van der Waals surface area contributed by atoms with Crippen molar-refractivity contribution in [2.75, 3.05) is 13.1 Å². The molecule has 2 heterocycles. The van der Waals surface area contributed by atoms with E-state index in [-0.39, 0.29) is 17.0 Å². The van der Waals surface area contributed by atoms with Crippen LogP contribution in [0.3, 0.4) is 0 Å². The van der Waals surface area contributed by atoms with Crippen molar-refractivity contribution in [1.29, 1.82) is 0 Å². The second kappa shape index (κ2) is 7.05. The Morgan fingerprint density at radius 3 is 2.24 bits per heavy atom. The molecular weight excluding hydrogens is 350 g/mol. The van der Waals surface area contributed by atoms with E-state index >= 15 is 0 Å². The highest BCUT2D eigenvalue weighted by Gasteiger charge is 2.26. The molecule has 1 saturated heterocycles. The zero-order chi connectivity index (χ0) is 18.0. The Kier molecular flexibility index (Phi) is 5.01. The molecule has 134 valence electrons. The lowest BCUT2D eigenvalue weighted by Gasteiger charge is -2.26. The molecule has 0 amide bonds. The lowest BCUT2D eigenvalue weighted by atomic mass is 10.2. The lowest BCUT2D eigenvalue weighted by Crippen LogP contribution is -2.36. The summed E-state index contributed by atoms with van der Waals surface area (Å²) >= 11 is 0. The van der Waals surface area contributed by atoms with Gasteiger partial charge in [0.05, 0.1) is 11.4 Å². The van der Waals surface area contributed by atoms with Crippen LogP contribution < -0.4 is 5.56 Å². The van der Waals surface area contributed by atoms with E-state index in [1.165, 1.54) is 16.6 Å². The van der Waals surface area contributed by atoms with E-state index in [0.29, 0.717) is 13.1 Å². The van der Waals surface area contributed by atoms with Crippen molar-refractivity contribution in [3.8, 4) is 0 Å². The fraction of sp³-hybridized carbons (Fsp3) is 0.353. The molecule has 1 aromatic heterocycles. The number of hydrogen-bond donors (Lipinski definition) is 0. The van der Waals surface area contributed by atoms with Crippen LogP contribution in [0.1, 0.15) is 24.8 Å². The Bertz CT molecular complexity index is 915. The fourth-order valence-corrected chi connectivity index (χ4v) is 4.48. The van der Waals surface area contributed by atoms with E-state index in [4.69, 9.17) is 0 Å². The first-order valence-corrected chi connectivity index (χ1v) is 9.46. The normalized spacial score (nSPS) is 16.1. The van der Waals surface area contributed by atoms with Crippen LogP contribution in [0.25, 0.3) is 0 Å². The summed E-state index contributed by atoms with van der Waals surface area (Å²) in [7, 11) is -3.68. The first-order valence-electron chi connectivity index (χ1n) is 8.02. The molecule has 1 fully saturated rings. The summed E-state index contributed by atoms with van der Waals surface area (Å²) in [6.07, 6.45) is 3.84. The highest BCUT2D eigenvalue weighted by molar-refractivity contribution is 7.89. The predicted molar refractivity (Wildman–Crippen MR) is 88.8 cm³/mol. The van der Waals surface area contributed by atoms with Crippen LogP contribution in [0.15, 0.2) is 46.2 Å².